The molecule has 1 fully saturated rings. The summed E-state index contributed by atoms with van der Waals surface area (Å²) in [7, 11) is 0. The minimum atomic E-state index is 0.495. The van der Waals surface area contributed by atoms with E-state index in [0.717, 1.165) is 31.1 Å². The molecule has 4 rings (SSSR count). The molecular weight excluding hydrogens is 240 g/mol. The zero-order valence-corrected chi connectivity index (χ0v) is 10.4. The van der Waals surface area contributed by atoms with E-state index in [9.17, 15) is 0 Å². The third-order valence-electron chi connectivity index (χ3n) is 3.59. The van der Waals surface area contributed by atoms with Crippen molar-refractivity contribution in [3.05, 3.63) is 48.7 Å². The van der Waals surface area contributed by atoms with Gasteiger partial charge < -0.3 is 0 Å². The molecule has 1 saturated heterocycles. The van der Waals surface area contributed by atoms with Gasteiger partial charge in [-0.15, -0.1) is 10.2 Å². The summed E-state index contributed by atoms with van der Waals surface area (Å²) in [5.74, 6) is 0.995. The summed E-state index contributed by atoms with van der Waals surface area (Å²) >= 11 is 0. The smallest absolute Gasteiger partial charge is 0.160 e. The van der Waals surface area contributed by atoms with Gasteiger partial charge in [-0.25, -0.2) is 0 Å². The maximum atomic E-state index is 4.28. The Morgan fingerprint density at radius 2 is 2.05 bits per heavy atom. The molecule has 19 heavy (non-hydrogen) atoms. The first-order valence-corrected chi connectivity index (χ1v) is 6.40. The largest absolute Gasteiger partial charge is 0.292 e. The average Bonchev–Trinajstić information content (AvgIpc) is 3.03. The average molecular weight is 254 g/mol. The van der Waals surface area contributed by atoms with Gasteiger partial charge in [0.05, 0.1) is 12.6 Å². The predicted molar refractivity (Wildman–Crippen MR) is 69.5 cm³/mol. The number of fused-ring (bicyclic) bond motifs is 1. The number of rotatable bonds is 3. The predicted octanol–water partition coefficient (Wildman–Crippen LogP) is 0.983. The third-order valence-corrected chi connectivity index (χ3v) is 3.59. The Labute approximate surface area is 110 Å². The Bertz CT molecular complexity index is 680. The van der Waals surface area contributed by atoms with Crippen LogP contribution in [0.5, 0.6) is 0 Å². The van der Waals surface area contributed by atoms with E-state index in [-0.39, 0.29) is 0 Å². The Morgan fingerprint density at radius 3 is 2.89 bits per heavy atom. The van der Waals surface area contributed by atoms with Crippen molar-refractivity contribution in [1.82, 2.24) is 29.3 Å². The summed E-state index contributed by atoms with van der Waals surface area (Å²) in [6.45, 7) is 2.87. The fraction of sp³-hybridized carbons (Fsp3) is 0.308. The zero-order valence-electron chi connectivity index (χ0n) is 10.4. The fourth-order valence-electron chi connectivity index (χ4n) is 2.53. The lowest BCUT2D eigenvalue weighted by atomic mass is 10.1. The Balaban J connectivity index is 1.46. The van der Waals surface area contributed by atoms with Crippen molar-refractivity contribution in [3.63, 3.8) is 0 Å². The number of pyridine rings is 1. The quantitative estimate of drug-likeness (QED) is 0.699. The maximum Gasteiger partial charge on any atom is 0.160 e. The molecule has 0 atom stereocenters. The summed E-state index contributed by atoms with van der Waals surface area (Å²) in [6, 6.07) is 8.41. The van der Waals surface area contributed by atoms with Gasteiger partial charge in [-0.2, -0.15) is 5.10 Å². The van der Waals surface area contributed by atoms with Crippen LogP contribution in [0, 0.1) is 0 Å². The molecular formula is C13H14N6. The Morgan fingerprint density at radius 1 is 1.11 bits per heavy atom. The lowest BCUT2D eigenvalue weighted by Gasteiger charge is -2.38. The van der Waals surface area contributed by atoms with Gasteiger partial charge >= 0.3 is 0 Å². The molecule has 4 heterocycles. The van der Waals surface area contributed by atoms with Crippen LogP contribution in [0.4, 0.5) is 0 Å². The second-order valence-electron chi connectivity index (χ2n) is 4.88. The Kier molecular flexibility index (Phi) is 2.34. The van der Waals surface area contributed by atoms with Crippen molar-refractivity contribution in [2.75, 3.05) is 13.1 Å². The second kappa shape index (κ2) is 4.17. The molecule has 0 unspecified atom stereocenters. The fourth-order valence-corrected chi connectivity index (χ4v) is 2.53. The van der Waals surface area contributed by atoms with Crippen LogP contribution in [0.15, 0.2) is 42.9 Å². The standard InChI is InChI=1S/C13H14N6/c1-2-6-18-12(4-1)15-16-13(18)10-17-8-11(9-17)19-7-3-5-14-19/h1-7,11H,8-10H2. The van der Waals surface area contributed by atoms with Crippen LogP contribution < -0.4 is 0 Å². The monoisotopic (exact) mass is 254 g/mol. The van der Waals surface area contributed by atoms with E-state index in [0.29, 0.717) is 6.04 Å². The van der Waals surface area contributed by atoms with E-state index in [4.69, 9.17) is 0 Å². The maximum absolute atomic E-state index is 4.28. The molecule has 6 nitrogen and oxygen atoms in total. The topological polar surface area (TPSA) is 51.2 Å². The van der Waals surface area contributed by atoms with Crippen LogP contribution in [0.1, 0.15) is 11.9 Å². The van der Waals surface area contributed by atoms with Gasteiger partial charge in [0.15, 0.2) is 11.5 Å². The molecule has 0 aliphatic carbocycles. The molecule has 0 N–H and O–H groups in total. The van der Waals surface area contributed by atoms with Crippen molar-refractivity contribution < 1.29 is 0 Å². The van der Waals surface area contributed by atoms with Crippen molar-refractivity contribution >= 4 is 5.65 Å². The Hall–Kier alpha value is -2.21. The molecule has 0 bridgehead atoms. The van der Waals surface area contributed by atoms with Crippen LogP contribution in [-0.4, -0.2) is 42.4 Å². The molecule has 0 radical (unpaired) electrons. The molecule has 6 heteroatoms. The summed E-state index contributed by atoms with van der Waals surface area (Å²) in [5.41, 5.74) is 0.904. The molecule has 0 saturated carbocycles. The van der Waals surface area contributed by atoms with Gasteiger partial charge in [-0.1, -0.05) is 6.07 Å². The lowest BCUT2D eigenvalue weighted by Crippen LogP contribution is -2.47. The highest BCUT2D eigenvalue weighted by molar-refractivity contribution is 5.36. The number of aromatic nitrogens is 5. The van der Waals surface area contributed by atoms with Crippen LogP contribution >= 0.6 is 0 Å². The van der Waals surface area contributed by atoms with Gasteiger partial charge in [0.2, 0.25) is 0 Å². The third kappa shape index (κ3) is 1.80. The van der Waals surface area contributed by atoms with Gasteiger partial charge in [-0.3, -0.25) is 14.0 Å². The molecule has 0 spiro atoms. The molecule has 96 valence electrons. The van der Waals surface area contributed by atoms with Gasteiger partial charge in [0, 0.05) is 31.7 Å². The summed E-state index contributed by atoms with van der Waals surface area (Å²) in [5, 5.41) is 12.7. The van der Waals surface area contributed by atoms with Gasteiger partial charge in [-0.05, 0) is 18.2 Å². The van der Waals surface area contributed by atoms with E-state index in [1.807, 2.05) is 51.9 Å². The minimum Gasteiger partial charge on any atom is -0.292 e. The molecule has 3 aromatic rings. The summed E-state index contributed by atoms with van der Waals surface area (Å²) < 4.78 is 4.07. The van der Waals surface area contributed by atoms with E-state index >= 15 is 0 Å². The van der Waals surface area contributed by atoms with E-state index in [1.165, 1.54) is 0 Å². The van der Waals surface area contributed by atoms with Crippen molar-refractivity contribution in [1.29, 1.82) is 0 Å². The molecule has 1 aliphatic heterocycles. The highest BCUT2D eigenvalue weighted by Crippen LogP contribution is 2.21. The van der Waals surface area contributed by atoms with Crippen molar-refractivity contribution in [3.8, 4) is 0 Å². The second-order valence-corrected chi connectivity index (χ2v) is 4.88. The van der Waals surface area contributed by atoms with Crippen molar-refractivity contribution in [2.45, 2.75) is 12.6 Å². The first-order valence-electron chi connectivity index (χ1n) is 6.40. The number of hydrogen-bond donors (Lipinski definition) is 0. The highest BCUT2D eigenvalue weighted by atomic mass is 15.4. The SMILES string of the molecule is c1ccn2c(CN3CC(n4cccn4)C3)nnc2c1. The first-order chi connectivity index (χ1) is 9.40. The lowest BCUT2D eigenvalue weighted by molar-refractivity contribution is 0.0877. The zero-order chi connectivity index (χ0) is 12.7. The minimum absolute atomic E-state index is 0.495. The van der Waals surface area contributed by atoms with Crippen molar-refractivity contribution in [2.24, 2.45) is 0 Å². The highest BCUT2D eigenvalue weighted by Gasteiger charge is 2.29. The van der Waals surface area contributed by atoms with Crippen LogP contribution in [0.3, 0.4) is 0 Å². The van der Waals surface area contributed by atoms with E-state index in [2.05, 4.69) is 20.2 Å². The van der Waals surface area contributed by atoms with Gasteiger partial charge in [0.25, 0.3) is 0 Å². The number of likely N-dealkylation sites (tertiary alicyclic amines) is 1. The molecule has 1 aliphatic rings. The van der Waals surface area contributed by atoms with Crippen LogP contribution in [0.25, 0.3) is 5.65 Å². The molecule has 0 amide bonds. The van der Waals surface area contributed by atoms with E-state index in [1.54, 1.807) is 0 Å². The molecule has 0 aromatic carbocycles. The number of nitrogens with zero attached hydrogens (tertiary/aromatic N) is 6. The normalized spacial score (nSPS) is 16.8. The van der Waals surface area contributed by atoms with Gasteiger partial charge in [0.1, 0.15) is 0 Å². The molecule has 3 aromatic heterocycles. The van der Waals surface area contributed by atoms with Crippen LogP contribution in [-0.2, 0) is 6.54 Å². The van der Waals surface area contributed by atoms with Crippen LogP contribution in [0.2, 0.25) is 0 Å². The summed E-state index contributed by atoms with van der Waals surface area (Å²) in [6.07, 6.45) is 5.86. The summed E-state index contributed by atoms with van der Waals surface area (Å²) in [4.78, 5) is 2.36. The first kappa shape index (κ1) is 10.7. The van der Waals surface area contributed by atoms with E-state index < -0.39 is 0 Å². The number of hydrogen-bond acceptors (Lipinski definition) is 4.